The molecule has 0 aliphatic carbocycles. The number of esters is 2. The molecule has 1 rings (SSSR count). The third kappa shape index (κ3) is 7.28. The first kappa shape index (κ1) is 20.5. The van der Waals surface area contributed by atoms with Crippen molar-refractivity contribution in [3.63, 3.8) is 0 Å². The van der Waals surface area contributed by atoms with Gasteiger partial charge in [0, 0.05) is 31.4 Å². The molecule has 25 heavy (non-hydrogen) atoms. The highest BCUT2D eigenvalue weighted by molar-refractivity contribution is 5.93. The third-order valence-corrected chi connectivity index (χ3v) is 3.34. The van der Waals surface area contributed by atoms with Crippen molar-refractivity contribution in [3.05, 3.63) is 23.9 Å². The van der Waals surface area contributed by atoms with Crippen LogP contribution in [0.5, 0.6) is 0 Å². The Labute approximate surface area is 147 Å². The maximum atomic E-state index is 12.0. The Kier molecular flexibility index (Phi) is 7.47. The maximum Gasteiger partial charge on any atom is 0.410 e. The van der Waals surface area contributed by atoms with Crippen LogP contribution in [0.25, 0.3) is 0 Å². The maximum absolute atomic E-state index is 12.0. The van der Waals surface area contributed by atoms with E-state index in [1.165, 1.54) is 26.5 Å². The first-order valence-electron chi connectivity index (χ1n) is 7.94. The van der Waals surface area contributed by atoms with Crippen LogP contribution in [-0.4, -0.2) is 61.9 Å². The third-order valence-electron chi connectivity index (χ3n) is 3.34. The van der Waals surface area contributed by atoms with Crippen LogP contribution in [0.1, 0.15) is 27.2 Å². The van der Waals surface area contributed by atoms with Crippen molar-refractivity contribution in [2.24, 2.45) is 0 Å². The molecule has 0 radical (unpaired) electrons. The summed E-state index contributed by atoms with van der Waals surface area (Å²) < 4.78 is 14.5. The van der Waals surface area contributed by atoms with Crippen molar-refractivity contribution in [2.45, 2.75) is 38.8 Å². The number of nitrogens with zero attached hydrogens (tertiary/aromatic N) is 1. The Morgan fingerprint density at radius 2 is 1.80 bits per heavy atom. The Balaban J connectivity index is 2.65. The van der Waals surface area contributed by atoms with Gasteiger partial charge in [0.05, 0.1) is 19.8 Å². The van der Waals surface area contributed by atoms with Crippen LogP contribution >= 0.6 is 0 Å². The molecule has 0 aromatic carbocycles. The summed E-state index contributed by atoms with van der Waals surface area (Å²) in [6.07, 6.45) is 4.26. The molecule has 8 heteroatoms. The Morgan fingerprint density at radius 3 is 2.36 bits per heavy atom. The summed E-state index contributed by atoms with van der Waals surface area (Å²) in [6.45, 7) is 6.47. The van der Waals surface area contributed by atoms with Crippen molar-refractivity contribution in [3.8, 4) is 0 Å². The molecule has 0 spiro atoms. The molecule has 1 heterocycles. The van der Waals surface area contributed by atoms with Gasteiger partial charge in [-0.05, 0) is 33.3 Å². The number of carbonyl (C=O) groups is 3. The molecule has 1 aliphatic heterocycles. The van der Waals surface area contributed by atoms with E-state index < -0.39 is 17.5 Å². The Hall–Kier alpha value is -2.51. The minimum Gasteiger partial charge on any atom is -0.466 e. The number of rotatable bonds is 5. The summed E-state index contributed by atoms with van der Waals surface area (Å²) in [5.74, 6) is -1.17. The fourth-order valence-electron chi connectivity index (χ4n) is 2.12. The van der Waals surface area contributed by atoms with Crippen LogP contribution < -0.4 is 5.32 Å². The minimum absolute atomic E-state index is 0.0290. The summed E-state index contributed by atoms with van der Waals surface area (Å²) in [6, 6.07) is -0.0290. The van der Waals surface area contributed by atoms with Crippen LogP contribution in [0.15, 0.2) is 23.9 Å². The quantitative estimate of drug-likeness (QED) is 0.345. The SMILES string of the molecule is COC(=O)/C=C/C(=C/N[C@H]1CCN(C(=O)OC(C)(C)C)C1)C(=O)OC. The molecule has 0 unspecified atom stereocenters. The smallest absolute Gasteiger partial charge is 0.410 e. The van der Waals surface area contributed by atoms with E-state index in [4.69, 9.17) is 4.74 Å². The topological polar surface area (TPSA) is 94.2 Å². The highest BCUT2D eigenvalue weighted by Gasteiger charge is 2.29. The number of nitrogens with one attached hydrogen (secondary N) is 1. The fraction of sp³-hybridized carbons (Fsp3) is 0.588. The van der Waals surface area contributed by atoms with Crippen LogP contribution in [0, 0.1) is 0 Å². The highest BCUT2D eigenvalue weighted by atomic mass is 16.6. The second-order valence-corrected chi connectivity index (χ2v) is 6.53. The number of hydrogen-bond acceptors (Lipinski definition) is 7. The number of ether oxygens (including phenoxy) is 3. The number of hydrogen-bond donors (Lipinski definition) is 1. The van der Waals surface area contributed by atoms with Gasteiger partial charge in [-0.15, -0.1) is 0 Å². The molecule has 1 amide bonds. The molecule has 140 valence electrons. The predicted octanol–water partition coefficient (Wildman–Crippen LogP) is 1.37. The number of methoxy groups -OCH3 is 2. The largest absolute Gasteiger partial charge is 0.466 e. The average molecular weight is 354 g/mol. The average Bonchev–Trinajstić information content (AvgIpc) is 3.01. The van der Waals surface area contributed by atoms with E-state index in [-0.39, 0.29) is 17.7 Å². The van der Waals surface area contributed by atoms with Gasteiger partial charge >= 0.3 is 18.0 Å². The zero-order valence-corrected chi connectivity index (χ0v) is 15.3. The van der Waals surface area contributed by atoms with E-state index in [0.29, 0.717) is 19.5 Å². The lowest BCUT2D eigenvalue weighted by molar-refractivity contribution is -0.135. The zero-order valence-electron chi connectivity index (χ0n) is 15.3. The van der Waals surface area contributed by atoms with Gasteiger partial charge in [0.1, 0.15) is 5.60 Å². The van der Waals surface area contributed by atoms with Gasteiger partial charge < -0.3 is 24.4 Å². The number of likely N-dealkylation sites (tertiary alicyclic amines) is 1. The van der Waals surface area contributed by atoms with Crippen LogP contribution in [0.4, 0.5) is 4.79 Å². The van der Waals surface area contributed by atoms with E-state index in [1.54, 1.807) is 4.90 Å². The Bertz CT molecular complexity index is 562. The molecule has 0 aromatic heterocycles. The molecule has 1 saturated heterocycles. The molecule has 1 aliphatic rings. The summed E-state index contributed by atoms with van der Waals surface area (Å²) >= 11 is 0. The van der Waals surface area contributed by atoms with Crippen LogP contribution in [-0.2, 0) is 23.8 Å². The summed E-state index contributed by atoms with van der Waals surface area (Å²) in [5.41, 5.74) is -0.372. The van der Waals surface area contributed by atoms with Gasteiger partial charge in [-0.1, -0.05) is 0 Å². The molecule has 1 N–H and O–H groups in total. The molecule has 0 bridgehead atoms. The van der Waals surface area contributed by atoms with Gasteiger partial charge in [0.25, 0.3) is 0 Å². The molecule has 8 nitrogen and oxygen atoms in total. The molecular weight excluding hydrogens is 328 g/mol. The van der Waals surface area contributed by atoms with Crippen molar-refractivity contribution < 1.29 is 28.6 Å². The first-order chi connectivity index (χ1) is 11.7. The van der Waals surface area contributed by atoms with Gasteiger partial charge in [-0.25, -0.2) is 14.4 Å². The second kappa shape index (κ2) is 9.10. The standard InChI is InChI=1S/C17H26N2O6/c1-17(2,3)25-16(22)19-9-8-13(11-19)18-10-12(15(21)24-5)6-7-14(20)23-4/h6-7,10,13,18H,8-9,11H2,1-5H3/b7-6+,12-10-/t13-/m0/s1. The normalized spacial score (nSPS) is 18.2. The minimum atomic E-state index is -0.588. The lowest BCUT2D eigenvalue weighted by atomic mass is 10.2. The van der Waals surface area contributed by atoms with Gasteiger partial charge in [0.2, 0.25) is 0 Å². The summed E-state index contributed by atoms with van der Waals surface area (Å²) in [5, 5.41) is 3.07. The summed E-state index contributed by atoms with van der Waals surface area (Å²) in [7, 11) is 2.50. The summed E-state index contributed by atoms with van der Waals surface area (Å²) in [4.78, 5) is 36.5. The molecular formula is C17H26N2O6. The number of amides is 1. The van der Waals surface area contributed by atoms with E-state index in [1.807, 2.05) is 20.8 Å². The molecule has 0 saturated carbocycles. The van der Waals surface area contributed by atoms with E-state index in [0.717, 1.165) is 6.08 Å². The van der Waals surface area contributed by atoms with Crippen molar-refractivity contribution in [1.82, 2.24) is 10.2 Å². The van der Waals surface area contributed by atoms with Gasteiger partial charge in [0.15, 0.2) is 0 Å². The number of carbonyl (C=O) groups excluding carboxylic acids is 3. The van der Waals surface area contributed by atoms with Crippen molar-refractivity contribution in [2.75, 3.05) is 27.3 Å². The lowest BCUT2D eigenvalue weighted by Gasteiger charge is -2.24. The Morgan fingerprint density at radius 1 is 1.12 bits per heavy atom. The first-order valence-corrected chi connectivity index (χ1v) is 7.94. The predicted molar refractivity (Wildman–Crippen MR) is 90.6 cm³/mol. The molecule has 1 fully saturated rings. The van der Waals surface area contributed by atoms with Gasteiger partial charge in [-0.3, -0.25) is 0 Å². The van der Waals surface area contributed by atoms with E-state index in [9.17, 15) is 14.4 Å². The van der Waals surface area contributed by atoms with Crippen LogP contribution in [0.3, 0.4) is 0 Å². The van der Waals surface area contributed by atoms with Crippen molar-refractivity contribution >= 4 is 18.0 Å². The van der Waals surface area contributed by atoms with Gasteiger partial charge in [-0.2, -0.15) is 0 Å². The highest BCUT2D eigenvalue weighted by Crippen LogP contribution is 2.15. The monoisotopic (exact) mass is 354 g/mol. The van der Waals surface area contributed by atoms with Crippen LogP contribution in [0.2, 0.25) is 0 Å². The fourth-order valence-corrected chi connectivity index (χ4v) is 2.12. The lowest BCUT2D eigenvalue weighted by Crippen LogP contribution is -2.37. The molecule has 1 atom stereocenters. The zero-order chi connectivity index (χ0) is 19.0. The van der Waals surface area contributed by atoms with E-state index in [2.05, 4.69) is 14.8 Å². The van der Waals surface area contributed by atoms with Crippen molar-refractivity contribution in [1.29, 1.82) is 0 Å². The van der Waals surface area contributed by atoms with E-state index >= 15 is 0 Å². The second-order valence-electron chi connectivity index (χ2n) is 6.53. The molecule has 0 aromatic rings.